The van der Waals surface area contributed by atoms with Gasteiger partial charge in [0.15, 0.2) is 0 Å². The van der Waals surface area contributed by atoms with Crippen LogP contribution >= 0.6 is 0 Å². The Kier molecular flexibility index (Phi) is 3.21. The SMILES string of the molecule is CC(C)C1(CC#N)CCOC(C)(C)C1. The third-order valence-corrected chi connectivity index (χ3v) is 3.53. The molecule has 80 valence electrons. The lowest BCUT2D eigenvalue weighted by molar-refractivity contribution is -0.117. The van der Waals surface area contributed by atoms with Crippen molar-refractivity contribution in [2.75, 3.05) is 6.61 Å². The highest BCUT2D eigenvalue weighted by Gasteiger charge is 2.42. The Morgan fingerprint density at radius 3 is 2.50 bits per heavy atom. The van der Waals surface area contributed by atoms with E-state index in [0.29, 0.717) is 12.3 Å². The average Bonchev–Trinajstić information content (AvgIpc) is 2.02. The summed E-state index contributed by atoms with van der Waals surface area (Å²) in [5.41, 5.74) is 0.121. The first-order valence-electron chi connectivity index (χ1n) is 5.43. The highest BCUT2D eigenvalue weighted by atomic mass is 16.5. The zero-order valence-corrected chi connectivity index (χ0v) is 9.76. The second kappa shape index (κ2) is 3.90. The Morgan fingerprint density at radius 1 is 1.43 bits per heavy atom. The molecule has 0 aliphatic carbocycles. The summed E-state index contributed by atoms with van der Waals surface area (Å²) >= 11 is 0. The van der Waals surface area contributed by atoms with E-state index in [0.717, 1.165) is 19.4 Å². The molecule has 1 fully saturated rings. The lowest BCUT2D eigenvalue weighted by Crippen LogP contribution is -2.43. The second-order valence-corrected chi connectivity index (χ2v) is 5.39. The highest BCUT2D eigenvalue weighted by molar-refractivity contribution is 4.97. The predicted octanol–water partition coefficient (Wildman–Crippen LogP) is 3.13. The van der Waals surface area contributed by atoms with Gasteiger partial charge >= 0.3 is 0 Å². The molecule has 0 N–H and O–H groups in total. The van der Waals surface area contributed by atoms with E-state index in [1.807, 2.05) is 0 Å². The van der Waals surface area contributed by atoms with E-state index in [1.54, 1.807) is 0 Å². The smallest absolute Gasteiger partial charge is 0.0632 e. The molecule has 1 rings (SSSR count). The fourth-order valence-corrected chi connectivity index (χ4v) is 2.52. The number of nitriles is 1. The molecule has 0 radical (unpaired) electrons. The minimum absolute atomic E-state index is 0.0562. The van der Waals surface area contributed by atoms with Crippen LogP contribution in [0.3, 0.4) is 0 Å². The van der Waals surface area contributed by atoms with Crippen LogP contribution in [0.5, 0.6) is 0 Å². The van der Waals surface area contributed by atoms with Gasteiger partial charge in [0.1, 0.15) is 0 Å². The summed E-state index contributed by atoms with van der Waals surface area (Å²) in [4.78, 5) is 0. The van der Waals surface area contributed by atoms with Crippen molar-refractivity contribution >= 4 is 0 Å². The van der Waals surface area contributed by atoms with Gasteiger partial charge in [0, 0.05) is 13.0 Å². The van der Waals surface area contributed by atoms with Crippen LogP contribution in [-0.2, 0) is 4.74 Å². The Balaban J connectivity index is 2.83. The predicted molar refractivity (Wildman–Crippen MR) is 56.8 cm³/mol. The van der Waals surface area contributed by atoms with Crippen LogP contribution in [0.15, 0.2) is 0 Å². The van der Waals surface area contributed by atoms with Crippen LogP contribution in [0.2, 0.25) is 0 Å². The fraction of sp³-hybridized carbons (Fsp3) is 0.917. The molecule has 0 bridgehead atoms. The van der Waals surface area contributed by atoms with Crippen molar-refractivity contribution < 1.29 is 4.74 Å². The zero-order valence-electron chi connectivity index (χ0n) is 9.76. The molecular weight excluding hydrogens is 174 g/mol. The molecule has 1 unspecified atom stereocenters. The molecule has 0 saturated carbocycles. The molecule has 2 heteroatoms. The monoisotopic (exact) mass is 195 g/mol. The summed E-state index contributed by atoms with van der Waals surface area (Å²) in [5.74, 6) is 0.560. The quantitative estimate of drug-likeness (QED) is 0.678. The molecule has 14 heavy (non-hydrogen) atoms. The van der Waals surface area contributed by atoms with Crippen molar-refractivity contribution in [1.82, 2.24) is 0 Å². The summed E-state index contributed by atoms with van der Waals surface area (Å²) in [7, 11) is 0. The van der Waals surface area contributed by atoms with Crippen LogP contribution in [-0.4, -0.2) is 12.2 Å². The van der Waals surface area contributed by atoms with E-state index in [4.69, 9.17) is 10.00 Å². The van der Waals surface area contributed by atoms with Crippen LogP contribution < -0.4 is 0 Å². The lowest BCUT2D eigenvalue weighted by Gasteiger charge is -2.46. The summed E-state index contributed by atoms with van der Waals surface area (Å²) in [6, 6.07) is 2.34. The highest BCUT2D eigenvalue weighted by Crippen LogP contribution is 2.46. The Bertz CT molecular complexity index is 239. The van der Waals surface area contributed by atoms with E-state index < -0.39 is 0 Å². The van der Waals surface area contributed by atoms with Gasteiger partial charge in [0.2, 0.25) is 0 Å². The third kappa shape index (κ3) is 2.27. The summed E-state index contributed by atoms with van der Waals surface area (Å²) < 4.78 is 5.71. The molecule has 0 aromatic rings. The van der Waals surface area contributed by atoms with Crippen molar-refractivity contribution in [2.45, 2.75) is 52.6 Å². The first kappa shape index (κ1) is 11.5. The van der Waals surface area contributed by atoms with Crippen molar-refractivity contribution in [3.8, 4) is 6.07 Å². The Hall–Kier alpha value is -0.550. The minimum Gasteiger partial charge on any atom is -0.376 e. The first-order chi connectivity index (χ1) is 6.42. The molecule has 1 atom stereocenters. The number of hydrogen-bond acceptors (Lipinski definition) is 2. The molecule has 2 nitrogen and oxygen atoms in total. The van der Waals surface area contributed by atoms with Crippen molar-refractivity contribution in [1.29, 1.82) is 5.26 Å². The molecular formula is C12H21NO. The number of hydrogen-bond donors (Lipinski definition) is 0. The maximum absolute atomic E-state index is 8.91. The van der Waals surface area contributed by atoms with Crippen LogP contribution in [0, 0.1) is 22.7 Å². The summed E-state index contributed by atoms with van der Waals surface area (Å²) in [6.07, 6.45) is 2.70. The number of ether oxygens (including phenoxy) is 1. The summed E-state index contributed by atoms with van der Waals surface area (Å²) in [6.45, 7) is 9.49. The van der Waals surface area contributed by atoms with Crippen LogP contribution in [0.1, 0.15) is 47.0 Å². The Morgan fingerprint density at radius 2 is 2.07 bits per heavy atom. The topological polar surface area (TPSA) is 33.0 Å². The molecule has 1 aliphatic heterocycles. The van der Waals surface area contributed by atoms with Gasteiger partial charge in [-0.25, -0.2) is 0 Å². The number of nitrogens with zero attached hydrogens (tertiary/aromatic N) is 1. The van der Waals surface area contributed by atoms with E-state index in [2.05, 4.69) is 33.8 Å². The van der Waals surface area contributed by atoms with Gasteiger partial charge in [-0.2, -0.15) is 5.26 Å². The van der Waals surface area contributed by atoms with Crippen molar-refractivity contribution in [2.24, 2.45) is 11.3 Å². The third-order valence-electron chi connectivity index (χ3n) is 3.53. The first-order valence-corrected chi connectivity index (χ1v) is 5.43. The maximum Gasteiger partial charge on any atom is 0.0632 e. The second-order valence-electron chi connectivity index (χ2n) is 5.39. The van der Waals surface area contributed by atoms with Gasteiger partial charge in [-0.15, -0.1) is 0 Å². The lowest BCUT2D eigenvalue weighted by atomic mass is 9.65. The van der Waals surface area contributed by atoms with Gasteiger partial charge < -0.3 is 4.74 Å². The van der Waals surface area contributed by atoms with Crippen LogP contribution in [0.25, 0.3) is 0 Å². The van der Waals surface area contributed by atoms with E-state index >= 15 is 0 Å². The van der Waals surface area contributed by atoms with Gasteiger partial charge in [-0.1, -0.05) is 13.8 Å². The molecule has 1 saturated heterocycles. The van der Waals surface area contributed by atoms with Gasteiger partial charge in [0.25, 0.3) is 0 Å². The maximum atomic E-state index is 8.91. The standard InChI is InChI=1S/C12H21NO/c1-10(2)12(5-7-13)6-8-14-11(3,4)9-12/h10H,5-6,8-9H2,1-4H3. The van der Waals surface area contributed by atoms with Crippen molar-refractivity contribution in [3.63, 3.8) is 0 Å². The molecule has 0 amide bonds. The molecule has 0 spiro atoms. The normalized spacial score (nSPS) is 31.4. The average molecular weight is 195 g/mol. The minimum atomic E-state index is -0.0562. The summed E-state index contributed by atoms with van der Waals surface area (Å²) in [5, 5.41) is 8.91. The van der Waals surface area contributed by atoms with E-state index in [1.165, 1.54) is 0 Å². The molecule has 1 heterocycles. The largest absolute Gasteiger partial charge is 0.376 e. The molecule has 0 aromatic heterocycles. The number of rotatable bonds is 2. The zero-order chi connectivity index (χ0) is 10.8. The van der Waals surface area contributed by atoms with E-state index in [-0.39, 0.29) is 11.0 Å². The fourth-order valence-electron chi connectivity index (χ4n) is 2.52. The van der Waals surface area contributed by atoms with Gasteiger partial charge in [0.05, 0.1) is 11.7 Å². The van der Waals surface area contributed by atoms with E-state index in [9.17, 15) is 0 Å². The van der Waals surface area contributed by atoms with Gasteiger partial charge in [-0.3, -0.25) is 0 Å². The molecule has 0 aromatic carbocycles. The van der Waals surface area contributed by atoms with Crippen LogP contribution in [0.4, 0.5) is 0 Å². The van der Waals surface area contributed by atoms with Gasteiger partial charge in [-0.05, 0) is 38.0 Å². The van der Waals surface area contributed by atoms with Crippen molar-refractivity contribution in [3.05, 3.63) is 0 Å². The molecule has 1 aliphatic rings. The Labute approximate surface area is 87.3 Å².